The lowest BCUT2D eigenvalue weighted by Crippen LogP contribution is -2.59. The van der Waals surface area contributed by atoms with Crippen molar-refractivity contribution in [1.82, 2.24) is 4.90 Å². The second kappa shape index (κ2) is 6.74. The molecule has 2 aliphatic rings. The standard InChI is InChI=1S/C16H21NO6/c1-17(10-7-21-8-13(20-2)15(10)18)16(19)14-9-22-11-5-3-4-6-12(11)23-14/h3-6,10,13-15,18H,7-9H2,1-2H3/t10-,13-,14+,15+/m1/s1. The van der Waals surface area contributed by atoms with Gasteiger partial charge in [-0.05, 0) is 12.1 Å². The molecule has 23 heavy (non-hydrogen) atoms. The van der Waals surface area contributed by atoms with Gasteiger partial charge in [0.15, 0.2) is 11.5 Å². The third kappa shape index (κ3) is 3.12. The SMILES string of the molecule is CO[C@@H]1COC[C@@H](N(C)C(=O)[C@@H]2COc3ccccc3O2)[C@@H]1O. The number of methoxy groups -OCH3 is 1. The molecule has 126 valence electrons. The molecule has 3 rings (SSSR count). The molecule has 0 aliphatic carbocycles. The lowest BCUT2D eigenvalue weighted by atomic mass is 10.0. The fourth-order valence-corrected chi connectivity index (χ4v) is 2.83. The van der Waals surface area contributed by atoms with Crippen molar-refractivity contribution in [3.63, 3.8) is 0 Å². The van der Waals surface area contributed by atoms with Crippen molar-refractivity contribution in [2.75, 3.05) is 34.0 Å². The van der Waals surface area contributed by atoms with Crippen LogP contribution in [0, 0.1) is 0 Å². The largest absolute Gasteiger partial charge is 0.485 e. The van der Waals surface area contributed by atoms with E-state index in [0.29, 0.717) is 18.1 Å². The van der Waals surface area contributed by atoms with Gasteiger partial charge in [-0.15, -0.1) is 0 Å². The van der Waals surface area contributed by atoms with Crippen LogP contribution in [-0.2, 0) is 14.3 Å². The fraction of sp³-hybridized carbons (Fsp3) is 0.562. The molecule has 1 N–H and O–H groups in total. The van der Waals surface area contributed by atoms with E-state index in [1.54, 1.807) is 19.2 Å². The number of ether oxygens (including phenoxy) is 4. The number of carbonyl (C=O) groups excluding carboxylic acids is 1. The Hall–Kier alpha value is -1.83. The highest BCUT2D eigenvalue weighted by molar-refractivity contribution is 5.82. The molecule has 0 unspecified atom stereocenters. The van der Waals surface area contributed by atoms with Crippen LogP contribution in [-0.4, -0.2) is 74.2 Å². The Morgan fingerprint density at radius 2 is 2.00 bits per heavy atom. The highest BCUT2D eigenvalue weighted by Crippen LogP contribution is 2.31. The summed E-state index contributed by atoms with van der Waals surface area (Å²) in [5.74, 6) is 0.907. The molecule has 0 spiro atoms. The zero-order chi connectivity index (χ0) is 16.4. The molecule has 4 atom stereocenters. The smallest absolute Gasteiger partial charge is 0.267 e. The molecule has 7 nitrogen and oxygen atoms in total. The van der Waals surface area contributed by atoms with Crippen molar-refractivity contribution in [1.29, 1.82) is 0 Å². The molecule has 1 saturated heterocycles. The molecule has 0 bridgehead atoms. The Morgan fingerprint density at radius 1 is 1.26 bits per heavy atom. The molecule has 1 aromatic rings. The van der Waals surface area contributed by atoms with Gasteiger partial charge in [-0.3, -0.25) is 4.79 Å². The number of amides is 1. The van der Waals surface area contributed by atoms with Crippen LogP contribution in [0.1, 0.15) is 0 Å². The number of carbonyl (C=O) groups is 1. The summed E-state index contributed by atoms with van der Waals surface area (Å²) in [7, 11) is 3.14. The monoisotopic (exact) mass is 323 g/mol. The number of para-hydroxylation sites is 2. The van der Waals surface area contributed by atoms with E-state index >= 15 is 0 Å². The number of nitrogens with zero attached hydrogens (tertiary/aromatic N) is 1. The molecule has 2 aliphatic heterocycles. The maximum Gasteiger partial charge on any atom is 0.267 e. The van der Waals surface area contributed by atoms with E-state index < -0.39 is 24.4 Å². The maximum absolute atomic E-state index is 12.7. The highest BCUT2D eigenvalue weighted by Gasteiger charge is 2.40. The lowest BCUT2D eigenvalue weighted by molar-refractivity contribution is -0.164. The number of rotatable bonds is 3. The molecule has 7 heteroatoms. The first-order chi connectivity index (χ1) is 11.1. The summed E-state index contributed by atoms with van der Waals surface area (Å²) in [5, 5.41) is 10.3. The van der Waals surface area contributed by atoms with Crippen LogP contribution in [0.2, 0.25) is 0 Å². The van der Waals surface area contributed by atoms with Crippen LogP contribution in [0.5, 0.6) is 11.5 Å². The lowest BCUT2D eigenvalue weighted by Gasteiger charge is -2.40. The summed E-state index contributed by atoms with van der Waals surface area (Å²) in [6.07, 6.45) is -2.00. The van der Waals surface area contributed by atoms with Gasteiger partial charge >= 0.3 is 0 Å². The van der Waals surface area contributed by atoms with E-state index in [0.717, 1.165) is 0 Å². The average Bonchev–Trinajstić information content (AvgIpc) is 2.60. The normalized spacial score (nSPS) is 29.9. The predicted octanol–water partition coefficient (Wildman–Crippen LogP) is 0.0595. The van der Waals surface area contributed by atoms with Crippen molar-refractivity contribution < 1.29 is 28.8 Å². The molecule has 1 aromatic carbocycles. The Labute approximate surface area is 134 Å². The summed E-state index contributed by atoms with van der Waals surface area (Å²) < 4.78 is 21.9. The quantitative estimate of drug-likeness (QED) is 0.848. The summed E-state index contributed by atoms with van der Waals surface area (Å²) in [6, 6.07) is 6.73. The Bertz CT molecular complexity index is 565. The molecule has 1 fully saturated rings. The highest BCUT2D eigenvalue weighted by atomic mass is 16.6. The first-order valence-electron chi connectivity index (χ1n) is 7.55. The van der Waals surface area contributed by atoms with Gasteiger partial charge in [-0.2, -0.15) is 0 Å². The van der Waals surface area contributed by atoms with Crippen LogP contribution in [0.25, 0.3) is 0 Å². The zero-order valence-electron chi connectivity index (χ0n) is 13.2. The molecule has 2 heterocycles. The number of hydrogen-bond acceptors (Lipinski definition) is 6. The summed E-state index contributed by atoms with van der Waals surface area (Å²) >= 11 is 0. The predicted molar refractivity (Wildman–Crippen MR) is 80.5 cm³/mol. The van der Waals surface area contributed by atoms with E-state index in [2.05, 4.69) is 0 Å². The minimum atomic E-state index is -0.806. The summed E-state index contributed by atoms with van der Waals surface area (Å²) in [4.78, 5) is 14.1. The number of hydrogen-bond donors (Lipinski definition) is 1. The van der Waals surface area contributed by atoms with Crippen LogP contribution in [0.3, 0.4) is 0 Å². The van der Waals surface area contributed by atoms with E-state index in [1.165, 1.54) is 12.0 Å². The maximum atomic E-state index is 12.7. The van der Waals surface area contributed by atoms with E-state index in [1.807, 2.05) is 12.1 Å². The van der Waals surface area contributed by atoms with Crippen LogP contribution in [0.15, 0.2) is 24.3 Å². The third-order valence-electron chi connectivity index (χ3n) is 4.28. The Kier molecular flexibility index (Phi) is 4.70. The van der Waals surface area contributed by atoms with Gasteiger partial charge in [0.25, 0.3) is 5.91 Å². The van der Waals surface area contributed by atoms with Crippen molar-refractivity contribution in [2.24, 2.45) is 0 Å². The number of aliphatic hydroxyl groups is 1. The molecule has 0 aromatic heterocycles. The summed E-state index contributed by atoms with van der Waals surface area (Å²) in [5.41, 5.74) is 0. The first kappa shape index (κ1) is 16.0. The number of likely N-dealkylation sites (N-methyl/N-ethyl adjacent to an activating group) is 1. The van der Waals surface area contributed by atoms with Gasteiger partial charge in [0, 0.05) is 14.2 Å². The Balaban J connectivity index is 1.68. The second-order valence-electron chi connectivity index (χ2n) is 5.68. The number of aliphatic hydroxyl groups excluding tert-OH is 1. The minimum absolute atomic E-state index is 0.136. The topological polar surface area (TPSA) is 77.5 Å². The van der Waals surface area contributed by atoms with Gasteiger partial charge in [0.05, 0.1) is 19.3 Å². The summed E-state index contributed by atoms with van der Waals surface area (Å²) in [6.45, 7) is 0.706. The van der Waals surface area contributed by atoms with Crippen molar-refractivity contribution in [2.45, 2.75) is 24.4 Å². The average molecular weight is 323 g/mol. The van der Waals surface area contributed by atoms with Gasteiger partial charge in [0.1, 0.15) is 18.8 Å². The van der Waals surface area contributed by atoms with Crippen LogP contribution < -0.4 is 9.47 Å². The van der Waals surface area contributed by atoms with Gasteiger partial charge in [0.2, 0.25) is 6.10 Å². The third-order valence-corrected chi connectivity index (χ3v) is 4.28. The molecule has 1 amide bonds. The van der Waals surface area contributed by atoms with Gasteiger partial charge in [-0.25, -0.2) is 0 Å². The fourth-order valence-electron chi connectivity index (χ4n) is 2.83. The van der Waals surface area contributed by atoms with E-state index in [-0.39, 0.29) is 19.1 Å². The molecule has 0 radical (unpaired) electrons. The van der Waals surface area contributed by atoms with Crippen LogP contribution in [0.4, 0.5) is 0 Å². The molecular formula is C16H21NO6. The molecular weight excluding hydrogens is 302 g/mol. The van der Waals surface area contributed by atoms with Crippen molar-refractivity contribution >= 4 is 5.91 Å². The van der Waals surface area contributed by atoms with E-state index in [9.17, 15) is 9.90 Å². The Morgan fingerprint density at radius 3 is 2.74 bits per heavy atom. The minimum Gasteiger partial charge on any atom is -0.485 e. The van der Waals surface area contributed by atoms with Crippen LogP contribution >= 0.6 is 0 Å². The van der Waals surface area contributed by atoms with Gasteiger partial charge < -0.3 is 29.0 Å². The van der Waals surface area contributed by atoms with E-state index in [4.69, 9.17) is 18.9 Å². The zero-order valence-corrected chi connectivity index (χ0v) is 13.2. The number of benzene rings is 1. The second-order valence-corrected chi connectivity index (χ2v) is 5.68. The van der Waals surface area contributed by atoms with Crippen molar-refractivity contribution in [3.8, 4) is 11.5 Å². The first-order valence-corrected chi connectivity index (χ1v) is 7.55. The van der Waals surface area contributed by atoms with Crippen molar-refractivity contribution in [3.05, 3.63) is 24.3 Å². The van der Waals surface area contributed by atoms with Gasteiger partial charge in [-0.1, -0.05) is 12.1 Å². The molecule has 0 saturated carbocycles. The number of fused-ring (bicyclic) bond motifs is 1.